The van der Waals surface area contributed by atoms with E-state index in [2.05, 4.69) is 0 Å². The van der Waals surface area contributed by atoms with Crippen LogP contribution in [-0.4, -0.2) is 27.7 Å². The Morgan fingerprint density at radius 2 is 2.10 bits per heavy atom. The lowest BCUT2D eigenvalue weighted by molar-refractivity contribution is 0.0981. The Morgan fingerprint density at radius 1 is 1.33 bits per heavy atom. The highest BCUT2D eigenvalue weighted by molar-refractivity contribution is 7.89. The van der Waals surface area contributed by atoms with Gasteiger partial charge in [0.1, 0.15) is 5.75 Å². The van der Waals surface area contributed by atoms with Crippen molar-refractivity contribution < 1.29 is 17.9 Å². The first kappa shape index (κ1) is 16.3. The zero-order valence-corrected chi connectivity index (χ0v) is 13.4. The maximum atomic E-state index is 11.4. The van der Waals surface area contributed by atoms with Crippen molar-refractivity contribution in [2.24, 2.45) is 5.14 Å². The number of rotatable bonds is 6. The highest BCUT2D eigenvalue weighted by atomic mass is 32.2. The summed E-state index contributed by atoms with van der Waals surface area (Å²) >= 11 is 0. The first-order valence-corrected chi connectivity index (χ1v) is 8.81. The second-order valence-electron chi connectivity index (χ2n) is 5.55. The summed E-state index contributed by atoms with van der Waals surface area (Å²) in [5.41, 5.74) is 1.39. The van der Waals surface area contributed by atoms with Crippen molar-refractivity contribution in [3.05, 3.63) is 23.3 Å². The molecule has 1 fully saturated rings. The number of primary sulfonamides is 1. The van der Waals surface area contributed by atoms with Crippen LogP contribution in [0.5, 0.6) is 5.75 Å². The van der Waals surface area contributed by atoms with Gasteiger partial charge in [0.05, 0.1) is 17.6 Å². The van der Waals surface area contributed by atoms with E-state index in [1.807, 2.05) is 6.92 Å². The standard InChI is InChI=1S/C15H23NO4S/c1-11-10-15(21(16,17)18)12(2)9-14(11)20-8-4-6-13-5-3-7-19-13/h9-10,13H,3-8H2,1-2H3,(H2,16,17,18). The van der Waals surface area contributed by atoms with E-state index < -0.39 is 10.0 Å². The number of ether oxygens (including phenoxy) is 2. The summed E-state index contributed by atoms with van der Waals surface area (Å²) in [6.07, 6.45) is 4.61. The van der Waals surface area contributed by atoms with E-state index in [0.717, 1.165) is 37.9 Å². The van der Waals surface area contributed by atoms with Crippen molar-refractivity contribution in [3.8, 4) is 5.75 Å². The molecule has 5 nitrogen and oxygen atoms in total. The minimum atomic E-state index is -3.68. The minimum absolute atomic E-state index is 0.159. The van der Waals surface area contributed by atoms with Gasteiger partial charge in [-0.05, 0) is 62.8 Å². The third-order valence-corrected chi connectivity index (χ3v) is 4.78. The lowest BCUT2D eigenvalue weighted by Crippen LogP contribution is -2.14. The molecule has 1 aromatic rings. The van der Waals surface area contributed by atoms with E-state index in [-0.39, 0.29) is 4.90 Å². The van der Waals surface area contributed by atoms with Crippen molar-refractivity contribution in [2.75, 3.05) is 13.2 Å². The molecule has 0 saturated carbocycles. The molecular weight excluding hydrogens is 290 g/mol. The van der Waals surface area contributed by atoms with Gasteiger partial charge in [0.25, 0.3) is 0 Å². The molecule has 1 aliphatic heterocycles. The molecular formula is C15H23NO4S. The molecule has 1 atom stereocenters. The Morgan fingerprint density at radius 3 is 2.71 bits per heavy atom. The van der Waals surface area contributed by atoms with E-state index in [1.165, 1.54) is 0 Å². The normalized spacial score (nSPS) is 18.9. The largest absolute Gasteiger partial charge is 0.493 e. The highest BCUT2D eigenvalue weighted by Crippen LogP contribution is 2.25. The van der Waals surface area contributed by atoms with Gasteiger partial charge in [-0.3, -0.25) is 0 Å². The van der Waals surface area contributed by atoms with Crippen LogP contribution in [0.25, 0.3) is 0 Å². The maximum absolute atomic E-state index is 11.4. The average molecular weight is 313 g/mol. The average Bonchev–Trinajstić information content (AvgIpc) is 2.90. The topological polar surface area (TPSA) is 78.6 Å². The molecule has 1 saturated heterocycles. The first-order chi connectivity index (χ1) is 9.88. The van der Waals surface area contributed by atoms with Gasteiger partial charge in [-0.25, -0.2) is 13.6 Å². The summed E-state index contributed by atoms with van der Waals surface area (Å²) in [6.45, 7) is 5.02. The molecule has 118 valence electrons. The van der Waals surface area contributed by atoms with Gasteiger partial charge in [-0.1, -0.05) is 0 Å². The van der Waals surface area contributed by atoms with Crippen LogP contribution in [0.2, 0.25) is 0 Å². The third-order valence-electron chi connectivity index (χ3n) is 3.73. The fraction of sp³-hybridized carbons (Fsp3) is 0.600. The van der Waals surface area contributed by atoms with Crippen molar-refractivity contribution in [2.45, 2.75) is 50.5 Å². The van der Waals surface area contributed by atoms with Crippen LogP contribution in [0.4, 0.5) is 0 Å². The highest BCUT2D eigenvalue weighted by Gasteiger charge is 2.16. The SMILES string of the molecule is Cc1cc(S(N)(=O)=O)c(C)cc1OCCCC1CCCO1. The van der Waals surface area contributed by atoms with Crippen LogP contribution in [0.3, 0.4) is 0 Å². The molecule has 0 spiro atoms. The lowest BCUT2D eigenvalue weighted by atomic mass is 10.1. The maximum Gasteiger partial charge on any atom is 0.238 e. The van der Waals surface area contributed by atoms with Crippen LogP contribution in [0.15, 0.2) is 17.0 Å². The number of hydrogen-bond acceptors (Lipinski definition) is 4. The molecule has 1 unspecified atom stereocenters. The fourth-order valence-corrected chi connectivity index (χ4v) is 3.44. The van der Waals surface area contributed by atoms with E-state index in [4.69, 9.17) is 14.6 Å². The Bertz CT molecular complexity index is 592. The molecule has 2 N–H and O–H groups in total. The summed E-state index contributed by atoms with van der Waals surface area (Å²) in [5.74, 6) is 0.715. The Kier molecular flexibility index (Phi) is 5.24. The van der Waals surface area contributed by atoms with Gasteiger partial charge >= 0.3 is 0 Å². The Labute approximate surface area is 126 Å². The molecule has 1 heterocycles. The van der Waals surface area contributed by atoms with Gasteiger partial charge in [0.15, 0.2) is 0 Å². The van der Waals surface area contributed by atoms with Crippen LogP contribution in [0, 0.1) is 13.8 Å². The number of benzene rings is 1. The lowest BCUT2D eigenvalue weighted by Gasteiger charge is -2.13. The molecule has 1 aromatic carbocycles. The molecule has 0 aromatic heterocycles. The van der Waals surface area contributed by atoms with Gasteiger partial charge in [0, 0.05) is 6.61 Å². The second kappa shape index (κ2) is 6.77. The summed E-state index contributed by atoms with van der Waals surface area (Å²) in [4.78, 5) is 0.159. The van der Waals surface area contributed by atoms with Crippen LogP contribution in [0.1, 0.15) is 36.8 Å². The number of nitrogens with two attached hydrogens (primary N) is 1. The molecule has 0 bridgehead atoms. The van der Waals surface area contributed by atoms with Crippen LogP contribution in [-0.2, 0) is 14.8 Å². The molecule has 6 heteroatoms. The summed E-state index contributed by atoms with van der Waals surface area (Å²) in [7, 11) is -3.68. The van der Waals surface area contributed by atoms with E-state index in [9.17, 15) is 8.42 Å². The minimum Gasteiger partial charge on any atom is -0.493 e. The molecule has 0 amide bonds. The summed E-state index contributed by atoms with van der Waals surface area (Å²) < 4.78 is 34.2. The number of hydrogen-bond donors (Lipinski definition) is 1. The monoisotopic (exact) mass is 313 g/mol. The predicted molar refractivity (Wildman–Crippen MR) is 81.0 cm³/mol. The molecule has 2 rings (SSSR count). The molecule has 0 radical (unpaired) electrons. The van der Waals surface area contributed by atoms with Crippen molar-refractivity contribution >= 4 is 10.0 Å². The van der Waals surface area contributed by atoms with Crippen LogP contribution >= 0.6 is 0 Å². The first-order valence-electron chi connectivity index (χ1n) is 7.26. The van der Waals surface area contributed by atoms with E-state index >= 15 is 0 Å². The third kappa shape index (κ3) is 4.43. The fourth-order valence-electron chi connectivity index (χ4n) is 2.59. The zero-order valence-electron chi connectivity index (χ0n) is 12.6. The van der Waals surface area contributed by atoms with Gasteiger partial charge in [0.2, 0.25) is 10.0 Å². The quantitative estimate of drug-likeness (QED) is 0.817. The Balaban J connectivity index is 1.93. The predicted octanol–water partition coefficient (Wildman–Crippen LogP) is 2.29. The molecule has 0 aliphatic carbocycles. The second-order valence-corrected chi connectivity index (χ2v) is 7.08. The Hall–Kier alpha value is -1.11. The van der Waals surface area contributed by atoms with Crippen molar-refractivity contribution in [1.82, 2.24) is 0 Å². The number of sulfonamides is 1. The summed E-state index contributed by atoms with van der Waals surface area (Å²) in [6, 6.07) is 3.31. The smallest absolute Gasteiger partial charge is 0.238 e. The van der Waals surface area contributed by atoms with Gasteiger partial charge in [-0.15, -0.1) is 0 Å². The van der Waals surface area contributed by atoms with Crippen molar-refractivity contribution in [3.63, 3.8) is 0 Å². The van der Waals surface area contributed by atoms with E-state index in [1.54, 1.807) is 19.1 Å². The van der Waals surface area contributed by atoms with Crippen LogP contribution < -0.4 is 9.88 Å². The van der Waals surface area contributed by atoms with Gasteiger partial charge in [-0.2, -0.15) is 0 Å². The molecule has 21 heavy (non-hydrogen) atoms. The zero-order chi connectivity index (χ0) is 15.5. The van der Waals surface area contributed by atoms with E-state index in [0.29, 0.717) is 24.0 Å². The molecule has 1 aliphatic rings. The number of aryl methyl sites for hydroxylation is 2. The van der Waals surface area contributed by atoms with Crippen molar-refractivity contribution in [1.29, 1.82) is 0 Å². The van der Waals surface area contributed by atoms with Gasteiger partial charge < -0.3 is 9.47 Å². The summed E-state index contributed by atoms with van der Waals surface area (Å²) in [5, 5.41) is 5.19.